The van der Waals surface area contributed by atoms with Crippen LogP contribution in [0.2, 0.25) is 0 Å². The highest BCUT2D eigenvalue weighted by Gasteiger charge is 2.22. The van der Waals surface area contributed by atoms with Crippen molar-refractivity contribution in [2.24, 2.45) is 0 Å². The minimum atomic E-state index is -0.259. The van der Waals surface area contributed by atoms with Crippen LogP contribution in [0, 0.1) is 12.7 Å². The van der Waals surface area contributed by atoms with Gasteiger partial charge in [-0.05, 0) is 86.7 Å². The number of nitrogens with zero attached hydrogens (tertiary/aromatic N) is 3. The first-order chi connectivity index (χ1) is 16.1. The quantitative estimate of drug-likeness (QED) is 0.339. The average Bonchev–Trinajstić information content (AvgIpc) is 2.84. The fraction of sp³-hybridized carbons (Fsp3) is 0.286. The molecule has 5 heteroatoms. The van der Waals surface area contributed by atoms with Gasteiger partial charge in [0, 0.05) is 41.6 Å². The van der Waals surface area contributed by atoms with Crippen LogP contribution in [0.1, 0.15) is 43.5 Å². The van der Waals surface area contributed by atoms with E-state index in [4.69, 9.17) is 9.72 Å². The van der Waals surface area contributed by atoms with Gasteiger partial charge in [-0.25, -0.2) is 4.39 Å². The number of benzene rings is 2. The molecule has 4 nitrogen and oxygen atoms in total. The number of fused-ring (bicyclic) bond motifs is 1. The Morgan fingerprint density at radius 2 is 1.79 bits per heavy atom. The number of hydrogen-bond donors (Lipinski definition) is 0. The van der Waals surface area contributed by atoms with Crippen LogP contribution in [0.4, 0.5) is 10.1 Å². The fourth-order valence-corrected chi connectivity index (χ4v) is 4.84. The van der Waals surface area contributed by atoms with E-state index in [1.807, 2.05) is 38.1 Å². The normalized spacial score (nSPS) is 14.9. The van der Waals surface area contributed by atoms with Crippen LogP contribution in [0.25, 0.3) is 22.0 Å². The number of aromatic nitrogens is 2. The molecular formula is C28H28FN3O. The first kappa shape index (κ1) is 21.4. The Balaban J connectivity index is 1.69. The summed E-state index contributed by atoms with van der Waals surface area (Å²) in [5.41, 5.74) is 6.07. The van der Waals surface area contributed by atoms with Gasteiger partial charge in [-0.1, -0.05) is 12.1 Å². The number of piperidine rings is 1. The molecule has 1 fully saturated rings. The summed E-state index contributed by atoms with van der Waals surface area (Å²) < 4.78 is 20.1. The summed E-state index contributed by atoms with van der Waals surface area (Å²) in [6.07, 6.45) is 6.91. The summed E-state index contributed by atoms with van der Waals surface area (Å²) >= 11 is 0. The van der Waals surface area contributed by atoms with Crippen molar-refractivity contribution in [2.45, 2.75) is 39.2 Å². The van der Waals surface area contributed by atoms with E-state index >= 15 is 0 Å². The first-order valence-corrected chi connectivity index (χ1v) is 11.6. The summed E-state index contributed by atoms with van der Waals surface area (Å²) in [6, 6.07) is 17.0. The molecule has 0 amide bonds. The van der Waals surface area contributed by atoms with Crippen molar-refractivity contribution in [1.82, 2.24) is 9.97 Å². The predicted octanol–water partition coefficient (Wildman–Crippen LogP) is 6.87. The Morgan fingerprint density at radius 1 is 1.00 bits per heavy atom. The first-order valence-electron chi connectivity index (χ1n) is 11.6. The molecule has 4 aromatic rings. The van der Waals surface area contributed by atoms with Crippen molar-refractivity contribution in [1.29, 1.82) is 0 Å². The molecule has 1 atom stereocenters. The predicted molar refractivity (Wildman–Crippen MR) is 131 cm³/mol. The molecule has 3 heterocycles. The summed E-state index contributed by atoms with van der Waals surface area (Å²) in [5, 5.41) is 1.06. The van der Waals surface area contributed by atoms with E-state index in [-0.39, 0.29) is 11.9 Å². The number of hydrogen-bond acceptors (Lipinski definition) is 4. The lowest BCUT2D eigenvalue weighted by molar-refractivity contribution is 0.225. The van der Waals surface area contributed by atoms with Gasteiger partial charge in [0.1, 0.15) is 17.7 Å². The van der Waals surface area contributed by atoms with E-state index in [1.165, 1.54) is 37.1 Å². The third kappa shape index (κ3) is 4.40. The van der Waals surface area contributed by atoms with Crippen molar-refractivity contribution in [2.75, 3.05) is 18.0 Å². The van der Waals surface area contributed by atoms with Crippen LogP contribution in [-0.4, -0.2) is 23.1 Å². The molecular weight excluding hydrogens is 413 g/mol. The van der Waals surface area contributed by atoms with Gasteiger partial charge in [-0.2, -0.15) is 0 Å². The van der Waals surface area contributed by atoms with E-state index in [2.05, 4.69) is 28.1 Å². The Hall–Kier alpha value is -3.47. The van der Waals surface area contributed by atoms with Gasteiger partial charge in [-0.3, -0.25) is 9.97 Å². The third-order valence-electron chi connectivity index (χ3n) is 6.40. The summed E-state index contributed by atoms with van der Waals surface area (Å²) in [7, 11) is 0. The average molecular weight is 442 g/mol. The molecule has 1 aliphatic rings. The zero-order valence-electron chi connectivity index (χ0n) is 19.1. The number of pyridine rings is 2. The third-order valence-corrected chi connectivity index (χ3v) is 6.40. The molecule has 33 heavy (non-hydrogen) atoms. The molecule has 0 N–H and O–H groups in total. The molecule has 1 aliphatic heterocycles. The SMILES string of the molecule is Cc1nc2ccc(N3CCCCC3)cc2c(-c2ccc(F)cc2)c1C(C)Oc1cccnc1. The largest absolute Gasteiger partial charge is 0.484 e. The lowest BCUT2D eigenvalue weighted by atomic mass is 9.91. The zero-order chi connectivity index (χ0) is 22.8. The van der Waals surface area contributed by atoms with Crippen LogP contribution in [0.15, 0.2) is 67.0 Å². The molecule has 0 saturated carbocycles. The molecule has 0 spiro atoms. The van der Waals surface area contributed by atoms with Gasteiger partial charge in [0.15, 0.2) is 0 Å². The maximum atomic E-state index is 13.8. The Labute approximate surface area is 194 Å². The summed E-state index contributed by atoms with van der Waals surface area (Å²) in [6.45, 7) is 6.20. The summed E-state index contributed by atoms with van der Waals surface area (Å²) in [4.78, 5) is 11.6. The van der Waals surface area contributed by atoms with Crippen molar-refractivity contribution in [3.05, 3.63) is 84.1 Å². The number of rotatable bonds is 5. The fourth-order valence-electron chi connectivity index (χ4n) is 4.84. The highest BCUT2D eigenvalue weighted by molar-refractivity contribution is 5.98. The van der Waals surface area contributed by atoms with Crippen molar-refractivity contribution in [3.8, 4) is 16.9 Å². The van der Waals surface area contributed by atoms with Crippen LogP contribution in [0.5, 0.6) is 5.75 Å². The zero-order valence-corrected chi connectivity index (χ0v) is 19.1. The maximum Gasteiger partial charge on any atom is 0.138 e. The van der Waals surface area contributed by atoms with Crippen LogP contribution < -0.4 is 9.64 Å². The molecule has 1 saturated heterocycles. The van der Waals surface area contributed by atoms with Crippen molar-refractivity contribution in [3.63, 3.8) is 0 Å². The molecule has 0 bridgehead atoms. The van der Waals surface area contributed by atoms with E-state index in [0.29, 0.717) is 5.75 Å². The summed E-state index contributed by atoms with van der Waals surface area (Å²) in [5.74, 6) is 0.459. The smallest absolute Gasteiger partial charge is 0.138 e. The van der Waals surface area contributed by atoms with Crippen LogP contribution >= 0.6 is 0 Å². The Bertz CT molecular complexity index is 1250. The number of anilines is 1. The van der Waals surface area contributed by atoms with Gasteiger partial charge in [-0.15, -0.1) is 0 Å². The van der Waals surface area contributed by atoms with Crippen LogP contribution in [-0.2, 0) is 0 Å². The second-order valence-corrected chi connectivity index (χ2v) is 8.69. The minimum absolute atomic E-state index is 0.246. The molecule has 1 unspecified atom stereocenters. The highest BCUT2D eigenvalue weighted by Crippen LogP contribution is 2.39. The lowest BCUT2D eigenvalue weighted by Crippen LogP contribution is -2.29. The molecule has 2 aromatic heterocycles. The molecule has 0 aliphatic carbocycles. The standard InChI is InChI=1S/C28H28FN3O/c1-19-27(20(2)33-24-7-6-14-30-18-24)28(21-8-10-22(29)11-9-21)25-17-23(12-13-26(25)31-19)32-15-4-3-5-16-32/h6-14,17-18,20H,3-5,15-16H2,1-2H3. The number of aryl methyl sites for hydroxylation is 1. The van der Waals surface area contributed by atoms with Crippen molar-refractivity contribution < 1.29 is 9.13 Å². The number of halogens is 1. The monoisotopic (exact) mass is 441 g/mol. The van der Waals surface area contributed by atoms with E-state index in [1.54, 1.807) is 12.4 Å². The Morgan fingerprint density at radius 3 is 2.52 bits per heavy atom. The van der Waals surface area contributed by atoms with E-state index in [9.17, 15) is 4.39 Å². The van der Waals surface area contributed by atoms with Crippen LogP contribution in [0.3, 0.4) is 0 Å². The topological polar surface area (TPSA) is 38.2 Å². The number of ether oxygens (including phenoxy) is 1. The second kappa shape index (κ2) is 9.18. The van der Waals surface area contributed by atoms with E-state index < -0.39 is 0 Å². The molecule has 168 valence electrons. The minimum Gasteiger partial charge on any atom is -0.484 e. The second-order valence-electron chi connectivity index (χ2n) is 8.69. The highest BCUT2D eigenvalue weighted by atomic mass is 19.1. The van der Waals surface area contributed by atoms with Gasteiger partial charge in [0.25, 0.3) is 0 Å². The Kier molecular flexibility index (Phi) is 5.95. The molecule has 0 radical (unpaired) electrons. The van der Waals surface area contributed by atoms with E-state index in [0.717, 1.165) is 46.4 Å². The molecule has 2 aromatic carbocycles. The molecule has 5 rings (SSSR count). The van der Waals surface area contributed by atoms with Gasteiger partial charge >= 0.3 is 0 Å². The van der Waals surface area contributed by atoms with Crippen molar-refractivity contribution >= 4 is 16.6 Å². The lowest BCUT2D eigenvalue weighted by Gasteiger charge is -2.29. The van der Waals surface area contributed by atoms with Gasteiger partial charge < -0.3 is 9.64 Å². The van der Waals surface area contributed by atoms with Gasteiger partial charge in [0.2, 0.25) is 0 Å². The van der Waals surface area contributed by atoms with Gasteiger partial charge in [0.05, 0.1) is 11.7 Å². The maximum absolute atomic E-state index is 13.8.